The number of primary amides is 1. The number of hydrogen-bond acceptors (Lipinski definition) is 7. The van der Waals surface area contributed by atoms with Crippen LogP contribution in [0.1, 0.15) is 16.2 Å². The molecular weight excluding hydrogens is 393 g/mol. The molecule has 3 aromatic rings. The SMILES string of the molecule is COc1cc(-c2noc(CNc3ccc(C(N)=O)c(F)c3)n2)ccc1OC(F)F. The molecule has 0 aliphatic rings. The highest BCUT2D eigenvalue weighted by atomic mass is 19.3. The normalized spacial score (nSPS) is 10.8. The average Bonchev–Trinajstić information content (AvgIpc) is 3.15. The lowest BCUT2D eigenvalue weighted by atomic mass is 10.2. The lowest BCUT2D eigenvalue weighted by Gasteiger charge is -2.10. The van der Waals surface area contributed by atoms with Crippen LogP contribution in [-0.2, 0) is 6.54 Å². The van der Waals surface area contributed by atoms with Crippen molar-refractivity contribution in [1.29, 1.82) is 0 Å². The summed E-state index contributed by atoms with van der Waals surface area (Å²) in [6.07, 6.45) is 0. The molecule has 152 valence electrons. The average molecular weight is 408 g/mol. The van der Waals surface area contributed by atoms with Gasteiger partial charge in [-0.05, 0) is 36.4 Å². The van der Waals surface area contributed by atoms with Crippen LogP contribution in [0.4, 0.5) is 18.9 Å². The number of rotatable bonds is 8. The van der Waals surface area contributed by atoms with Gasteiger partial charge in [0.1, 0.15) is 5.82 Å². The van der Waals surface area contributed by atoms with Gasteiger partial charge in [0.15, 0.2) is 11.5 Å². The van der Waals surface area contributed by atoms with Crippen molar-refractivity contribution in [3.8, 4) is 22.9 Å². The Morgan fingerprint density at radius 2 is 2.03 bits per heavy atom. The Kier molecular flexibility index (Phi) is 5.86. The van der Waals surface area contributed by atoms with Gasteiger partial charge in [-0.2, -0.15) is 13.8 Å². The molecule has 2 aromatic carbocycles. The zero-order valence-corrected chi connectivity index (χ0v) is 15.0. The quantitative estimate of drug-likeness (QED) is 0.589. The number of methoxy groups -OCH3 is 1. The predicted octanol–water partition coefficient (Wildman–Crippen LogP) is 3.20. The molecule has 0 saturated heterocycles. The topological polar surface area (TPSA) is 112 Å². The minimum atomic E-state index is -2.99. The summed E-state index contributed by atoms with van der Waals surface area (Å²) in [6.45, 7) is -2.91. The third-order valence-electron chi connectivity index (χ3n) is 3.78. The first-order chi connectivity index (χ1) is 13.9. The third-order valence-corrected chi connectivity index (χ3v) is 3.78. The maximum atomic E-state index is 13.8. The lowest BCUT2D eigenvalue weighted by molar-refractivity contribution is -0.0512. The largest absolute Gasteiger partial charge is 0.493 e. The van der Waals surface area contributed by atoms with E-state index in [-0.39, 0.29) is 35.3 Å². The molecule has 0 radical (unpaired) electrons. The van der Waals surface area contributed by atoms with Gasteiger partial charge in [-0.1, -0.05) is 5.16 Å². The van der Waals surface area contributed by atoms with Crippen molar-refractivity contribution in [2.24, 2.45) is 5.73 Å². The van der Waals surface area contributed by atoms with Crippen molar-refractivity contribution in [3.05, 3.63) is 53.7 Å². The summed E-state index contributed by atoms with van der Waals surface area (Å²) in [7, 11) is 1.31. The van der Waals surface area contributed by atoms with Gasteiger partial charge in [-0.15, -0.1) is 0 Å². The van der Waals surface area contributed by atoms with Gasteiger partial charge in [0, 0.05) is 11.3 Å². The molecule has 1 heterocycles. The van der Waals surface area contributed by atoms with E-state index in [1.807, 2.05) is 0 Å². The summed E-state index contributed by atoms with van der Waals surface area (Å²) in [5, 5.41) is 6.68. The van der Waals surface area contributed by atoms with Crippen molar-refractivity contribution in [1.82, 2.24) is 10.1 Å². The van der Waals surface area contributed by atoms with Crippen LogP contribution in [0, 0.1) is 5.82 Å². The fourth-order valence-electron chi connectivity index (χ4n) is 2.45. The van der Waals surface area contributed by atoms with Gasteiger partial charge in [-0.25, -0.2) is 4.39 Å². The summed E-state index contributed by atoms with van der Waals surface area (Å²) in [6, 6.07) is 8.06. The Balaban J connectivity index is 1.71. The molecule has 0 saturated carbocycles. The molecule has 3 N–H and O–H groups in total. The predicted molar refractivity (Wildman–Crippen MR) is 95.2 cm³/mol. The van der Waals surface area contributed by atoms with E-state index < -0.39 is 18.3 Å². The highest BCUT2D eigenvalue weighted by Crippen LogP contribution is 2.32. The van der Waals surface area contributed by atoms with E-state index in [4.69, 9.17) is 15.0 Å². The molecule has 11 heteroatoms. The zero-order valence-electron chi connectivity index (χ0n) is 15.0. The Morgan fingerprint density at radius 1 is 1.24 bits per heavy atom. The molecule has 0 spiro atoms. The Hall–Kier alpha value is -3.76. The van der Waals surface area contributed by atoms with Crippen LogP contribution in [0.2, 0.25) is 0 Å². The molecule has 29 heavy (non-hydrogen) atoms. The maximum Gasteiger partial charge on any atom is 0.387 e. The first kappa shape index (κ1) is 20.0. The number of amides is 1. The number of carbonyl (C=O) groups excluding carboxylic acids is 1. The number of carbonyl (C=O) groups is 1. The number of nitrogens with zero attached hydrogens (tertiary/aromatic N) is 2. The van der Waals surface area contributed by atoms with E-state index >= 15 is 0 Å². The highest BCUT2D eigenvalue weighted by Gasteiger charge is 2.15. The highest BCUT2D eigenvalue weighted by molar-refractivity contribution is 5.93. The number of ether oxygens (including phenoxy) is 2. The van der Waals surface area contributed by atoms with E-state index in [9.17, 15) is 18.0 Å². The van der Waals surface area contributed by atoms with Gasteiger partial charge >= 0.3 is 6.61 Å². The Bertz CT molecular complexity index is 1030. The second kappa shape index (κ2) is 8.50. The number of anilines is 1. The lowest BCUT2D eigenvalue weighted by Crippen LogP contribution is -2.13. The minimum absolute atomic E-state index is 0.0755. The maximum absolute atomic E-state index is 13.8. The monoisotopic (exact) mass is 408 g/mol. The number of hydrogen-bond donors (Lipinski definition) is 2. The molecule has 0 unspecified atom stereocenters. The van der Waals surface area contributed by atoms with Crippen LogP contribution in [0.3, 0.4) is 0 Å². The molecular formula is C18H15F3N4O4. The first-order valence-corrected chi connectivity index (χ1v) is 8.16. The molecule has 0 fully saturated rings. The molecule has 0 aliphatic heterocycles. The first-order valence-electron chi connectivity index (χ1n) is 8.16. The summed E-state index contributed by atoms with van der Waals surface area (Å²) < 4.78 is 53.1. The number of aromatic nitrogens is 2. The number of halogens is 3. The van der Waals surface area contributed by atoms with Crippen LogP contribution < -0.4 is 20.5 Å². The Morgan fingerprint density at radius 3 is 2.69 bits per heavy atom. The zero-order chi connectivity index (χ0) is 21.0. The van der Waals surface area contributed by atoms with Crippen molar-refractivity contribution in [2.75, 3.05) is 12.4 Å². The van der Waals surface area contributed by atoms with Crippen molar-refractivity contribution >= 4 is 11.6 Å². The molecule has 0 aliphatic carbocycles. The number of alkyl halides is 2. The van der Waals surface area contributed by atoms with Crippen molar-refractivity contribution in [2.45, 2.75) is 13.2 Å². The molecule has 1 amide bonds. The minimum Gasteiger partial charge on any atom is -0.493 e. The standard InChI is InChI=1S/C18H15F3N4O4/c1-27-14-6-9(2-5-13(14)28-18(20)21)17-24-15(29-25-17)8-23-10-3-4-11(16(22)26)12(19)7-10/h2-7,18,23H,8H2,1H3,(H2,22,26). The van der Waals surface area contributed by atoms with Crippen LogP contribution in [0.25, 0.3) is 11.4 Å². The fraction of sp³-hybridized carbons (Fsp3) is 0.167. The van der Waals surface area contributed by atoms with Crippen molar-refractivity contribution < 1.29 is 32.0 Å². The summed E-state index contributed by atoms with van der Waals surface area (Å²) in [4.78, 5) is 15.2. The third kappa shape index (κ3) is 4.75. The molecule has 0 bridgehead atoms. The molecule has 8 nitrogen and oxygen atoms in total. The second-order valence-electron chi connectivity index (χ2n) is 5.67. The van der Waals surface area contributed by atoms with Gasteiger partial charge in [0.25, 0.3) is 5.91 Å². The van der Waals surface area contributed by atoms with Gasteiger partial charge < -0.3 is 25.0 Å². The number of nitrogens with one attached hydrogen (secondary N) is 1. The van der Waals surface area contributed by atoms with Crippen molar-refractivity contribution in [3.63, 3.8) is 0 Å². The Labute approximate surface area is 162 Å². The molecule has 3 rings (SSSR count). The van der Waals surface area contributed by atoms with E-state index in [0.29, 0.717) is 11.3 Å². The number of benzene rings is 2. The molecule has 0 atom stereocenters. The fourth-order valence-corrected chi connectivity index (χ4v) is 2.45. The van der Waals surface area contributed by atoms with E-state index in [2.05, 4.69) is 20.2 Å². The van der Waals surface area contributed by atoms with E-state index in [1.54, 1.807) is 0 Å². The summed E-state index contributed by atoms with van der Waals surface area (Å²) in [5.41, 5.74) is 5.67. The summed E-state index contributed by atoms with van der Waals surface area (Å²) >= 11 is 0. The number of nitrogens with two attached hydrogens (primary N) is 1. The van der Waals surface area contributed by atoms with E-state index in [0.717, 1.165) is 6.07 Å². The smallest absolute Gasteiger partial charge is 0.387 e. The summed E-state index contributed by atoms with van der Waals surface area (Å²) in [5.74, 6) is -1.29. The van der Waals surface area contributed by atoms with Crippen LogP contribution in [-0.4, -0.2) is 29.8 Å². The van der Waals surface area contributed by atoms with Gasteiger partial charge in [0.2, 0.25) is 11.7 Å². The van der Waals surface area contributed by atoms with Crippen LogP contribution in [0.5, 0.6) is 11.5 Å². The second-order valence-corrected chi connectivity index (χ2v) is 5.67. The van der Waals surface area contributed by atoms with E-state index in [1.165, 1.54) is 37.4 Å². The van der Waals surface area contributed by atoms with Gasteiger partial charge in [0.05, 0.1) is 19.2 Å². The molecule has 1 aromatic heterocycles. The van der Waals surface area contributed by atoms with Crippen LogP contribution >= 0.6 is 0 Å². The van der Waals surface area contributed by atoms with Crippen LogP contribution in [0.15, 0.2) is 40.9 Å². The van der Waals surface area contributed by atoms with Gasteiger partial charge in [-0.3, -0.25) is 4.79 Å².